The first-order valence-corrected chi connectivity index (χ1v) is 9.89. The fraction of sp³-hybridized carbons (Fsp3) is 0.667. The van der Waals surface area contributed by atoms with Crippen LogP contribution in [0.3, 0.4) is 0 Å². The summed E-state index contributed by atoms with van der Waals surface area (Å²) in [6, 6.07) is 5.99. The van der Waals surface area contributed by atoms with Crippen LogP contribution in [-0.4, -0.2) is 47.0 Å². The molecule has 0 amide bonds. The van der Waals surface area contributed by atoms with E-state index >= 15 is 0 Å². The summed E-state index contributed by atoms with van der Waals surface area (Å²) in [7, 11) is 5.25. The zero-order chi connectivity index (χ0) is 19.5. The molecular formula is C21H35N3O3. The maximum atomic E-state index is 5.66. The smallest absolute Gasteiger partial charge is 0.191 e. The molecule has 0 unspecified atom stereocenters. The van der Waals surface area contributed by atoms with Crippen molar-refractivity contribution in [2.24, 2.45) is 10.4 Å². The van der Waals surface area contributed by atoms with Gasteiger partial charge < -0.3 is 24.8 Å². The molecule has 0 atom stereocenters. The topological polar surface area (TPSA) is 64.1 Å². The van der Waals surface area contributed by atoms with Gasteiger partial charge in [0.2, 0.25) is 0 Å². The summed E-state index contributed by atoms with van der Waals surface area (Å²) in [5.41, 5.74) is 1.45. The molecule has 1 aromatic rings. The second-order valence-corrected chi connectivity index (χ2v) is 7.15. The molecule has 1 aliphatic rings. The average Bonchev–Trinajstić information content (AvgIpc) is 3.16. The molecule has 0 bridgehead atoms. The van der Waals surface area contributed by atoms with Gasteiger partial charge in [0, 0.05) is 33.9 Å². The molecule has 0 aromatic heterocycles. The van der Waals surface area contributed by atoms with E-state index in [1.54, 1.807) is 14.2 Å². The number of nitrogens with one attached hydrogen (secondary N) is 2. The summed E-state index contributed by atoms with van der Waals surface area (Å²) in [4.78, 5) is 4.38. The molecule has 1 aromatic carbocycles. The number of rotatable bonds is 10. The third kappa shape index (κ3) is 6.31. The van der Waals surface area contributed by atoms with E-state index in [0.29, 0.717) is 18.6 Å². The molecule has 1 aliphatic carbocycles. The number of aliphatic imine (C=N–C) groups is 1. The minimum atomic E-state index is 0.329. The molecule has 0 radical (unpaired) electrons. The van der Waals surface area contributed by atoms with Crippen molar-refractivity contribution in [2.75, 3.05) is 41.0 Å². The van der Waals surface area contributed by atoms with Crippen molar-refractivity contribution in [2.45, 2.75) is 45.6 Å². The molecule has 1 fully saturated rings. The van der Waals surface area contributed by atoms with Gasteiger partial charge in [0.1, 0.15) is 0 Å². The van der Waals surface area contributed by atoms with Crippen LogP contribution in [-0.2, 0) is 11.3 Å². The SMILES string of the molecule is CCOc1cc(CNC(=NC)NCC2(CCOC)CCCC2)ccc1OC. The molecule has 27 heavy (non-hydrogen) atoms. The van der Waals surface area contributed by atoms with Crippen molar-refractivity contribution in [1.29, 1.82) is 0 Å². The Balaban J connectivity index is 1.90. The molecule has 2 rings (SSSR count). The molecule has 152 valence electrons. The molecule has 1 saturated carbocycles. The number of methoxy groups -OCH3 is 2. The summed E-state index contributed by atoms with van der Waals surface area (Å²) in [5, 5.41) is 6.92. The van der Waals surface area contributed by atoms with Crippen molar-refractivity contribution < 1.29 is 14.2 Å². The van der Waals surface area contributed by atoms with Crippen molar-refractivity contribution >= 4 is 5.96 Å². The van der Waals surface area contributed by atoms with Gasteiger partial charge in [0.25, 0.3) is 0 Å². The van der Waals surface area contributed by atoms with Crippen LogP contribution in [0.25, 0.3) is 0 Å². The maximum absolute atomic E-state index is 5.66. The Labute approximate surface area is 163 Å². The first-order valence-electron chi connectivity index (χ1n) is 9.89. The lowest BCUT2D eigenvalue weighted by Gasteiger charge is -2.30. The van der Waals surface area contributed by atoms with E-state index in [4.69, 9.17) is 14.2 Å². The van der Waals surface area contributed by atoms with E-state index in [2.05, 4.69) is 15.6 Å². The standard InChI is InChI=1S/C21H35N3O3/c1-5-27-19-14-17(8-9-18(19)26-4)15-23-20(22-2)24-16-21(12-13-25-3)10-6-7-11-21/h8-9,14H,5-7,10-13,15-16H2,1-4H3,(H2,22,23,24). The van der Waals surface area contributed by atoms with Crippen LogP contribution in [0.1, 0.15) is 44.6 Å². The van der Waals surface area contributed by atoms with E-state index < -0.39 is 0 Å². The zero-order valence-electron chi connectivity index (χ0n) is 17.3. The number of benzene rings is 1. The maximum Gasteiger partial charge on any atom is 0.191 e. The lowest BCUT2D eigenvalue weighted by molar-refractivity contribution is 0.138. The van der Waals surface area contributed by atoms with Gasteiger partial charge in [-0.1, -0.05) is 18.9 Å². The Morgan fingerprint density at radius 3 is 2.56 bits per heavy atom. The van der Waals surface area contributed by atoms with Gasteiger partial charge in [-0.25, -0.2) is 0 Å². The van der Waals surface area contributed by atoms with Crippen molar-refractivity contribution in [1.82, 2.24) is 10.6 Å². The number of hydrogen-bond acceptors (Lipinski definition) is 4. The number of hydrogen-bond donors (Lipinski definition) is 2. The lowest BCUT2D eigenvalue weighted by Crippen LogP contribution is -2.43. The Kier molecular flexibility index (Phi) is 8.72. The first kappa shape index (κ1) is 21.4. The number of ether oxygens (including phenoxy) is 3. The molecule has 0 heterocycles. The van der Waals surface area contributed by atoms with Crippen LogP contribution >= 0.6 is 0 Å². The summed E-state index contributed by atoms with van der Waals surface area (Å²) >= 11 is 0. The predicted octanol–water partition coefficient (Wildman–Crippen LogP) is 3.36. The Bertz CT molecular complexity index is 598. The fourth-order valence-electron chi connectivity index (χ4n) is 3.74. The van der Waals surface area contributed by atoms with E-state index in [1.165, 1.54) is 25.7 Å². The van der Waals surface area contributed by atoms with Gasteiger partial charge in [-0.05, 0) is 49.3 Å². The van der Waals surface area contributed by atoms with E-state index in [1.807, 2.05) is 32.2 Å². The largest absolute Gasteiger partial charge is 0.493 e. The van der Waals surface area contributed by atoms with Gasteiger partial charge in [-0.2, -0.15) is 0 Å². The molecule has 2 N–H and O–H groups in total. The predicted molar refractivity (Wildman–Crippen MR) is 110 cm³/mol. The minimum Gasteiger partial charge on any atom is -0.493 e. The van der Waals surface area contributed by atoms with Gasteiger partial charge in [-0.3, -0.25) is 4.99 Å². The molecule has 0 saturated heterocycles. The van der Waals surface area contributed by atoms with Crippen LogP contribution in [0.5, 0.6) is 11.5 Å². The highest BCUT2D eigenvalue weighted by molar-refractivity contribution is 5.79. The van der Waals surface area contributed by atoms with E-state index in [9.17, 15) is 0 Å². The lowest BCUT2D eigenvalue weighted by atomic mass is 9.83. The molecule has 0 spiro atoms. The summed E-state index contributed by atoms with van der Waals surface area (Å²) < 4.78 is 16.3. The van der Waals surface area contributed by atoms with Gasteiger partial charge >= 0.3 is 0 Å². The van der Waals surface area contributed by atoms with Crippen molar-refractivity contribution in [3.63, 3.8) is 0 Å². The van der Waals surface area contributed by atoms with Crippen LogP contribution in [0.2, 0.25) is 0 Å². The highest BCUT2D eigenvalue weighted by Crippen LogP contribution is 2.40. The quantitative estimate of drug-likeness (QED) is 0.484. The Morgan fingerprint density at radius 2 is 1.93 bits per heavy atom. The second-order valence-electron chi connectivity index (χ2n) is 7.15. The Hall–Kier alpha value is -1.95. The first-order chi connectivity index (χ1) is 13.2. The van der Waals surface area contributed by atoms with Crippen molar-refractivity contribution in [3.8, 4) is 11.5 Å². The van der Waals surface area contributed by atoms with Crippen LogP contribution in [0.4, 0.5) is 0 Å². The Morgan fingerprint density at radius 1 is 1.15 bits per heavy atom. The molecule has 0 aliphatic heterocycles. The zero-order valence-corrected chi connectivity index (χ0v) is 17.3. The summed E-state index contributed by atoms with van der Waals surface area (Å²) in [6.07, 6.45) is 6.24. The van der Waals surface area contributed by atoms with Gasteiger partial charge in [0.15, 0.2) is 17.5 Å². The molecular weight excluding hydrogens is 342 g/mol. The summed E-state index contributed by atoms with van der Waals surface area (Å²) in [6.45, 7) is 5.01. The summed E-state index contributed by atoms with van der Waals surface area (Å²) in [5.74, 6) is 2.35. The van der Waals surface area contributed by atoms with Gasteiger partial charge in [-0.15, -0.1) is 0 Å². The minimum absolute atomic E-state index is 0.329. The second kappa shape index (κ2) is 11.0. The van der Waals surface area contributed by atoms with Crippen LogP contribution < -0.4 is 20.1 Å². The number of nitrogens with zero attached hydrogens (tertiary/aromatic N) is 1. The van der Waals surface area contributed by atoms with Crippen LogP contribution in [0.15, 0.2) is 23.2 Å². The number of guanidine groups is 1. The average molecular weight is 378 g/mol. The third-order valence-electron chi connectivity index (χ3n) is 5.34. The van der Waals surface area contributed by atoms with Crippen LogP contribution in [0, 0.1) is 5.41 Å². The fourth-order valence-corrected chi connectivity index (χ4v) is 3.74. The monoisotopic (exact) mass is 377 g/mol. The molecule has 6 heteroatoms. The van der Waals surface area contributed by atoms with E-state index in [-0.39, 0.29) is 0 Å². The van der Waals surface area contributed by atoms with Crippen molar-refractivity contribution in [3.05, 3.63) is 23.8 Å². The van der Waals surface area contributed by atoms with E-state index in [0.717, 1.165) is 42.6 Å². The highest BCUT2D eigenvalue weighted by atomic mass is 16.5. The third-order valence-corrected chi connectivity index (χ3v) is 5.34. The molecule has 6 nitrogen and oxygen atoms in total. The normalized spacial score (nSPS) is 16.2. The highest BCUT2D eigenvalue weighted by Gasteiger charge is 2.33. The van der Waals surface area contributed by atoms with Gasteiger partial charge in [0.05, 0.1) is 13.7 Å².